The molecule has 0 saturated heterocycles. The topological polar surface area (TPSA) is 111 Å². The molecule has 114 valence electrons. The number of rotatable bonds is 1. The van der Waals surface area contributed by atoms with Crippen LogP contribution in [0, 0.1) is 5.92 Å². The van der Waals surface area contributed by atoms with Gasteiger partial charge in [0.05, 0.1) is 0 Å². The summed E-state index contributed by atoms with van der Waals surface area (Å²) in [5.41, 5.74) is 0.142. The van der Waals surface area contributed by atoms with Gasteiger partial charge >= 0.3 is 0 Å². The Morgan fingerprint density at radius 3 is 2.59 bits per heavy atom. The van der Waals surface area contributed by atoms with Crippen molar-refractivity contribution in [3.8, 4) is 11.5 Å². The molecule has 0 bridgehead atoms. The van der Waals surface area contributed by atoms with Crippen LogP contribution in [0.5, 0.6) is 11.5 Å². The van der Waals surface area contributed by atoms with Crippen molar-refractivity contribution >= 4 is 16.5 Å². The van der Waals surface area contributed by atoms with Gasteiger partial charge in [0.15, 0.2) is 11.2 Å². The lowest BCUT2D eigenvalue weighted by atomic mass is 9.89. The van der Waals surface area contributed by atoms with Crippen molar-refractivity contribution in [1.29, 1.82) is 0 Å². The summed E-state index contributed by atoms with van der Waals surface area (Å²) in [4.78, 5) is 12.2. The molecule has 0 fully saturated rings. The maximum absolute atomic E-state index is 12.2. The van der Waals surface area contributed by atoms with Crippen LogP contribution in [-0.2, 0) is 0 Å². The average molecular weight is 302 g/mol. The summed E-state index contributed by atoms with van der Waals surface area (Å²) in [5.74, 6) is -0.918. The fourth-order valence-corrected chi connectivity index (χ4v) is 2.59. The molecule has 3 rings (SSSR count). The van der Waals surface area contributed by atoms with Crippen molar-refractivity contribution in [2.24, 2.45) is 5.92 Å². The van der Waals surface area contributed by atoms with Gasteiger partial charge in [-0.25, -0.2) is 0 Å². The van der Waals surface area contributed by atoms with Crippen LogP contribution in [0.4, 0.5) is 0 Å². The Balaban J connectivity index is 2.25. The first-order valence-electron chi connectivity index (χ1n) is 6.69. The largest absolute Gasteiger partial charge is 0.508 e. The minimum atomic E-state index is -0.458. The lowest BCUT2D eigenvalue weighted by Crippen LogP contribution is -2.10. The molecule has 1 atom stereocenters. The number of hydrogen-bond acceptors (Lipinski definition) is 6. The van der Waals surface area contributed by atoms with Crippen molar-refractivity contribution in [2.45, 2.75) is 13.3 Å². The summed E-state index contributed by atoms with van der Waals surface area (Å²) in [5, 5.41) is 38.4. The van der Waals surface area contributed by atoms with Gasteiger partial charge in [0, 0.05) is 30.2 Å². The molecule has 1 heterocycles. The summed E-state index contributed by atoms with van der Waals surface area (Å²) in [6.07, 6.45) is 1.57. The van der Waals surface area contributed by atoms with E-state index in [-0.39, 0.29) is 52.1 Å². The Morgan fingerprint density at radius 2 is 1.86 bits per heavy atom. The Bertz CT molecular complexity index is 887. The minimum absolute atomic E-state index is 0.0202. The second-order valence-corrected chi connectivity index (χ2v) is 5.35. The highest BCUT2D eigenvalue weighted by atomic mass is 16.3. The highest BCUT2D eigenvalue weighted by Gasteiger charge is 2.23. The quantitative estimate of drug-likeness (QED) is 0.644. The maximum Gasteiger partial charge on any atom is 0.197 e. The molecule has 0 radical (unpaired) electrons. The minimum Gasteiger partial charge on any atom is -0.508 e. The van der Waals surface area contributed by atoms with Gasteiger partial charge in [-0.2, -0.15) is 0 Å². The predicted octanol–water partition coefficient (Wildman–Crippen LogP) is 2.96. The molecule has 2 aromatic rings. The highest BCUT2D eigenvalue weighted by molar-refractivity contribution is 5.86. The highest BCUT2D eigenvalue weighted by Crippen LogP contribution is 2.35. The molecule has 4 N–H and O–H groups in total. The Hall–Kier alpha value is -2.89. The van der Waals surface area contributed by atoms with Crippen molar-refractivity contribution in [3.63, 3.8) is 0 Å². The van der Waals surface area contributed by atoms with E-state index < -0.39 is 5.43 Å². The molecule has 0 spiro atoms. The van der Waals surface area contributed by atoms with Gasteiger partial charge in [-0.3, -0.25) is 4.79 Å². The van der Waals surface area contributed by atoms with Gasteiger partial charge in [0.1, 0.15) is 34.0 Å². The van der Waals surface area contributed by atoms with E-state index in [1.165, 1.54) is 18.2 Å². The summed E-state index contributed by atoms with van der Waals surface area (Å²) >= 11 is 0. The maximum atomic E-state index is 12.2. The molecule has 22 heavy (non-hydrogen) atoms. The van der Waals surface area contributed by atoms with Gasteiger partial charge in [0.25, 0.3) is 0 Å². The molecule has 1 aliphatic carbocycles. The van der Waals surface area contributed by atoms with E-state index in [4.69, 9.17) is 4.42 Å². The molecule has 0 amide bonds. The first-order chi connectivity index (χ1) is 10.4. The fraction of sp³-hybridized carbons (Fsp3) is 0.188. The third-order valence-corrected chi connectivity index (χ3v) is 3.70. The number of benzene rings is 1. The number of aromatic hydroxyl groups is 2. The van der Waals surface area contributed by atoms with Crippen LogP contribution in [0.3, 0.4) is 0 Å². The van der Waals surface area contributed by atoms with Crippen LogP contribution in [0.2, 0.25) is 0 Å². The van der Waals surface area contributed by atoms with Gasteiger partial charge in [-0.1, -0.05) is 6.92 Å². The normalized spacial score (nSPS) is 18.6. The molecular formula is C16H14O6. The Labute approximate surface area is 124 Å². The first-order valence-corrected chi connectivity index (χ1v) is 6.69. The molecule has 1 aliphatic rings. The first kappa shape index (κ1) is 14.1. The van der Waals surface area contributed by atoms with Crippen molar-refractivity contribution in [2.75, 3.05) is 0 Å². The number of fused-ring (bicyclic) bond motifs is 1. The number of phenolic OH excluding ortho intramolecular Hbond substituents is 2. The third-order valence-electron chi connectivity index (χ3n) is 3.70. The molecule has 1 aromatic carbocycles. The average Bonchev–Trinajstić information content (AvgIpc) is 2.41. The molecule has 1 aromatic heterocycles. The zero-order chi connectivity index (χ0) is 16.0. The van der Waals surface area contributed by atoms with E-state index >= 15 is 0 Å². The molecule has 6 heteroatoms. The molecule has 1 unspecified atom stereocenters. The number of aliphatic hydroxyl groups is 2. The summed E-state index contributed by atoms with van der Waals surface area (Å²) in [7, 11) is 0. The van der Waals surface area contributed by atoms with Crippen LogP contribution in [0.15, 0.2) is 45.0 Å². The molecule has 6 nitrogen and oxygen atoms in total. The summed E-state index contributed by atoms with van der Waals surface area (Å²) in [6.45, 7) is 1.82. The second-order valence-electron chi connectivity index (χ2n) is 5.35. The number of hydrogen-bond donors (Lipinski definition) is 4. The number of aliphatic hydroxyl groups excluding tert-OH is 2. The van der Waals surface area contributed by atoms with Gasteiger partial charge in [0.2, 0.25) is 0 Å². The van der Waals surface area contributed by atoms with Crippen molar-refractivity contribution in [1.82, 2.24) is 0 Å². The molecule has 0 saturated carbocycles. The van der Waals surface area contributed by atoms with E-state index in [0.717, 1.165) is 6.07 Å². The van der Waals surface area contributed by atoms with Crippen molar-refractivity contribution in [3.05, 3.63) is 51.8 Å². The van der Waals surface area contributed by atoms with Crippen LogP contribution in [-0.4, -0.2) is 20.4 Å². The van der Waals surface area contributed by atoms with E-state index in [2.05, 4.69) is 0 Å². The van der Waals surface area contributed by atoms with Gasteiger partial charge in [-0.05, 0) is 12.0 Å². The number of allylic oxidation sites excluding steroid dienone is 3. The lowest BCUT2D eigenvalue weighted by Gasteiger charge is -2.20. The Kier molecular flexibility index (Phi) is 3.09. The number of phenols is 2. The van der Waals surface area contributed by atoms with E-state index in [0.29, 0.717) is 5.57 Å². The Morgan fingerprint density at radius 1 is 1.14 bits per heavy atom. The van der Waals surface area contributed by atoms with Crippen LogP contribution < -0.4 is 5.43 Å². The smallest absolute Gasteiger partial charge is 0.197 e. The second kappa shape index (κ2) is 4.84. The van der Waals surface area contributed by atoms with Gasteiger partial charge < -0.3 is 24.8 Å². The summed E-state index contributed by atoms with van der Waals surface area (Å²) in [6, 6.07) is 3.52. The molecule has 0 aliphatic heterocycles. The van der Waals surface area contributed by atoms with Crippen LogP contribution >= 0.6 is 0 Å². The van der Waals surface area contributed by atoms with Crippen molar-refractivity contribution < 1.29 is 24.8 Å². The zero-order valence-electron chi connectivity index (χ0n) is 11.7. The zero-order valence-corrected chi connectivity index (χ0v) is 11.7. The lowest BCUT2D eigenvalue weighted by molar-refractivity contribution is 0.308. The van der Waals surface area contributed by atoms with Crippen LogP contribution in [0.1, 0.15) is 19.1 Å². The SMILES string of the molecule is CC1CC(O)=C(O)C=C1c1cc(=O)c2c(O)cc(O)cc2o1. The van der Waals surface area contributed by atoms with Crippen LogP contribution in [0.25, 0.3) is 16.5 Å². The standard InChI is InChI=1S/C16H14O6/c1-7-2-10(18)11(19)5-9(7)14-6-13(21)16-12(20)3-8(17)4-15(16)22-14/h3-7,17-20H,2H2,1H3. The van der Waals surface area contributed by atoms with E-state index in [1.54, 1.807) is 0 Å². The molecular weight excluding hydrogens is 288 g/mol. The van der Waals surface area contributed by atoms with Gasteiger partial charge in [-0.15, -0.1) is 0 Å². The summed E-state index contributed by atoms with van der Waals surface area (Å²) < 4.78 is 5.59. The predicted molar refractivity (Wildman–Crippen MR) is 79.9 cm³/mol. The monoisotopic (exact) mass is 302 g/mol. The third kappa shape index (κ3) is 2.18. The fourth-order valence-electron chi connectivity index (χ4n) is 2.59. The van der Waals surface area contributed by atoms with E-state index in [9.17, 15) is 25.2 Å². The van der Waals surface area contributed by atoms with E-state index in [1.807, 2.05) is 6.92 Å².